The Bertz CT molecular complexity index is 168. The molecule has 0 atom stereocenters. The first kappa shape index (κ1) is 6.43. The van der Waals surface area contributed by atoms with Gasteiger partial charge >= 0.3 is 0 Å². The van der Waals surface area contributed by atoms with Gasteiger partial charge in [0, 0.05) is 6.20 Å². The normalized spacial score (nSPS) is 9.00. The summed E-state index contributed by atoms with van der Waals surface area (Å²) >= 11 is 5.26. The van der Waals surface area contributed by atoms with Gasteiger partial charge in [-0.2, -0.15) is 0 Å². The molecule has 0 amide bonds. The molecule has 2 nitrogen and oxygen atoms in total. The molecule has 0 aromatic carbocycles. The van der Waals surface area contributed by atoms with Gasteiger partial charge in [-0.15, -0.1) is 0 Å². The molecule has 1 rings (SSSR count). The second kappa shape index (κ2) is 3.35. The molecule has 1 N–H and O–H groups in total. The second-order valence-corrected chi connectivity index (χ2v) is 1.69. The van der Waals surface area contributed by atoms with Crippen LogP contribution < -0.4 is 5.23 Å². The summed E-state index contributed by atoms with van der Waals surface area (Å²) in [6.07, 6.45) is 1.70. The molecule has 0 saturated carbocycles. The van der Waals surface area contributed by atoms with Gasteiger partial charge in [0.1, 0.15) is 0 Å². The lowest BCUT2D eigenvalue weighted by Crippen LogP contribution is -1.99. The molecule has 0 fully saturated rings. The number of nitrogens with zero attached hydrogens (tertiary/aromatic N) is 1. The van der Waals surface area contributed by atoms with Crippen LogP contribution in [0.1, 0.15) is 0 Å². The van der Waals surface area contributed by atoms with Crippen molar-refractivity contribution in [3.63, 3.8) is 0 Å². The van der Waals surface area contributed by atoms with Gasteiger partial charge in [0.15, 0.2) is 0 Å². The molecule has 0 aliphatic carbocycles. The molecular formula is C5H5BClN2-. The summed E-state index contributed by atoms with van der Waals surface area (Å²) in [5.41, 5.74) is 0. The van der Waals surface area contributed by atoms with Gasteiger partial charge in [-0.25, -0.2) is 4.98 Å². The molecule has 0 saturated heterocycles. The molecule has 0 bridgehead atoms. The number of pyridine rings is 1. The monoisotopic (exact) mass is 139 g/mol. The van der Waals surface area contributed by atoms with Gasteiger partial charge in [0.05, 0.1) is 5.82 Å². The molecule has 0 aliphatic heterocycles. The highest BCUT2D eigenvalue weighted by molar-refractivity contribution is 6.95. The van der Waals surface area contributed by atoms with Crippen molar-refractivity contribution in [2.24, 2.45) is 0 Å². The van der Waals surface area contributed by atoms with Crippen LogP contribution in [0.4, 0.5) is 5.82 Å². The van der Waals surface area contributed by atoms with Crippen LogP contribution in [-0.4, -0.2) is 11.8 Å². The van der Waals surface area contributed by atoms with E-state index in [2.05, 4.69) is 10.2 Å². The van der Waals surface area contributed by atoms with Crippen molar-refractivity contribution in [3.8, 4) is 0 Å². The maximum Gasteiger partial charge on any atom is 0.0820 e. The fourth-order valence-electron chi connectivity index (χ4n) is 0.504. The first-order valence-corrected chi connectivity index (χ1v) is 2.96. The van der Waals surface area contributed by atoms with Gasteiger partial charge in [-0.1, -0.05) is 12.9 Å². The van der Waals surface area contributed by atoms with E-state index in [1.807, 2.05) is 18.2 Å². The Morgan fingerprint density at radius 3 is 3.00 bits per heavy atom. The summed E-state index contributed by atoms with van der Waals surface area (Å²) in [7, 11) is 0. The molecule has 0 spiro atoms. The van der Waals surface area contributed by atoms with Crippen LogP contribution >= 0.6 is 11.5 Å². The molecule has 1 aromatic rings. The third-order valence-corrected chi connectivity index (χ3v) is 0.976. The zero-order valence-electron chi connectivity index (χ0n) is 4.71. The highest BCUT2D eigenvalue weighted by atomic mass is 35.5. The van der Waals surface area contributed by atoms with Crippen molar-refractivity contribution >= 4 is 24.1 Å². The van der Waals surface area contributed by atoms with Gasteiger partial charge < -0.3 is 16.7 Å². The number of anilines is 1. The van der Waals surface area contributed by atoms with Crippen LogP contribution in [-0.2, 0) is 0 Å². The molecule has 1 heterocycles. The molecule has 0 aliphatic rings. The minimum atomic E-state index is 0.757. The lowest BCUT2D eigenvalue weighted by molar-refractivity contribution is 1.33. The number of nitrogens with one attached hydrogen (secondary N) is 1. The van der Waals surface area contributed by atoms with Gasteiger partial charge in [-0.05, 0) is 12.1 Å². The Kier molecular flexibility index (Phi) is 2.39. The Labute approximate surface area is 59.4 Å². The highest BCUT2D eigenvalue weighted by Gasteiger charge is 1.77. The number of hydrogen-bond acceptors (Lipinski definition) is 2. The van der Waals surface area contributed by atoms with E-state index >= 15 is 0 Å². The van der Waals surface area contributed by atoms with Crippen LogP contribution in [0.3, 0.4) is 0 Å². The highest BCUT2D eigenvalue weighted by Crippen LogP contribution is 1.97. The van der Waals surface area contributed by atoms with Crippen molar-refractivity contribution < 1.29 is 0 Å². The first-order valence-electron chi connectivity index (χ1n) is 2.53. The maximum absolute atomic E-state index is 5.26. The van der Waals surface area contributed by atoms with Gasteiger partial charge in [-0.3, -0.25) is 0 Å². The fourth-order valence-corrected chi connectivity index (χ4v) is 0.616. The van der Waals surface area contributed by atoms with E-state index in [0.29, 0.717) is 0 Å². The van der Waals surface area contributed by atoms with Crippen molar-refractivity contribution in [3.05, 3.63) is 24.4 Å². The molecule has 4 heteroatoms. The summed E-state index contributed by atoms with van der Waals surface area (Å²) in [6.45, 7) is 1.32. The van der Waals surface area contributed by atoms with E-state index in [1.165, 1.54) is 6.83 Å². The van der Waals surface area contributed by atoms with E-state index in [0.717, 1.165) is 5.82 Å². The van der Waals surface area contributed by atoms with Crippen molar-refractivity contribution in [1.82, 2.24) is 4.98 Å². The van der Waals surface area contributed by atoms with E-state index in [9.17, 15) is 0 Å². The third kappa shape index (κ3) is 1.94. The Morgan fingerprint density at radius 1 is 1.56 bits per heavy atom. The van der Waals surface area contributed by atoms with E-state index in [-0.39, 0.29) is 0 Å². The van der Waals surface area contributed by atoms with E-state index < -0.39 is 0 Å². The first-order chi connectivity index (χ1) is 4.43. The third-order valence-electron chi connectivity index (χ3n) is 0.867. The standard InChI is InChI=1S/C5H5BClN2/c7-6-9-5-3-1-2-4-8-5/h1-4H,(H,8,9)/q-1. The molecule has 2 radical (unpaired) electrons. The smallest absolute Gasteiger partial charge is 0.0820 e. The number of aromatic nitrogens is 1. The fraction of sp³-hybridized carbons (Fsp3) is 0. The van der Waals surface area contributed by atoms with Crippen LogP contribution in [0.2, 0.25) is 0 Å². The summed E-state index contributed by atoms with van der Waals surface area (Å²) in [4.78, 5) is 3.94. The second-order valence-electron chi connectivity index (χ2n) is 1.47. The Hall–Kier alpha value is -0.695. The lowest BCUT2D eigenvalue weighted by atomic mass is 10.3. The lowest BCUT2D eigenvalue weighted by Gasteiger charge is -2.09. The Balaban J connectivity index is 2.61. The predicted molar refractivity (Wildman–Crippen MR) is 39.5 cm³/mol. The van der Waals surface area contributed by atoms with Gasteiger partial charge in [0.25, 0.3) is 0 Å². The molecule has 1 aromatic heterocycles. The van der Waals surface area contributed by atoms with Crippen LogP contribution in [0.25, 0.3) is 0 Å². The van der Waals surface area contributed by atoms with Crippen molar-refractivity contribution in [2.45, 2.75) is 0 Å². The van der Waals surface area contributed by atoms with Crippen LogP contribution in [0.15, 0.2) is 24.4 Å². The van der Waals surface area contributed by atoms with Crippen LogP contribution in [0, 0.1) is 0 Å². The molecule has 9 heavy (non-hydrogen) atoms. The number of hydrogen-bond donors (Lipinski definition) is 1. The average molecular weight is 139 g/mol. The Morgan fingerprint density at radius 2 is 2.44 bits per heavy atom. The molecule has 0 unspecified atom stereocenters. The van der Waals surface area contributed by atoms with E-state index in [4.69, 9.17) is 11.5 Å². The minimum absolute atomic E-state index is 0.757. The van der Waals surface area contributed by atoms with Crippen molar-refractivity contribution in [1.29, 1.82) is 0 Å². The zero-order chi connectivity index (χ0) is 6.53. The van der Waals surface area contributed by atoms with Crippen LogP contribution in [0.5, 0.6) is 0 Å². The largest absolute Gasteiger partial charge is 0.589 e. The molecular weight excluding hydrogens is 134 g/mol. The average Bonchev–Trinajstić information content (AvgIpc) is 1.91. The summed E-state index contributed by atoms with van der Waals surface area (Å²) in [5.74, 6) is 0.757. The topological polar surface area (TPSA) is 24.9 Å². The summed E-state index contributed by atoms with van der Waals surface area (Å²) in [5, 5.41) is 2.74. The van der Waals surface area contributed by atoms with E-state index in [1.54, 1.807) is 6.20 Å². The molecule has 46 valence electrons. The summed E-state index contributed by atoms with van der Waals surface area (Å²) in [6, 6.07) is 5.56. The minimum Gasteiger partial charge on any atom is -0.589 e. The number of halogens is 1. The summed E-state index contributed by atoms with van der Waals surface area (Å²) < 4.78 is 0. The zero-order valence-corrected chi connectivity index (χ0v) is 5.47. The van der Waals surface area contributed by atoms with Crippen molar-refractivity contribution in [2.75, 3.05) is 5.23 Å². The quantitative estimate of drug-likeness (QED) is 0.624. The SMILES string of the molecule is Cl[B-]Nc1ccccn1. The van der Waals surface area contributed by atoms with Gasteiger partial charge in [0.2, 0.25) is 0 Å². The number of rotatable bonds is 2. The predicted octanol–water partition coefficient (Wildman–Crippen LogP) is 1.27. The maximum atomic E-state index is 5.26.